The summed E-state index contributed by atoms with van der Waals surface area (Å²) in [6.07, 6.45) is 1.55. The maximum absolute atomic E-state index is 12.4. The summed E-state index contributed by atoms with van der Waals surface area (Å²) >= 11 is 3.26. The molecule has 1 aromatic carbocycles. The molecule has 0 spiro atoms. The molecule has 146 valence electrons. The van der Waals surface area contributed by atoms with Gasteiger partial charge in [0.15, 0.2) is 0 Å². The Morgan fingerprint density at radius 3 is 2.41 bits per heavy atom. The van der Waals surface area contributed by atoms with E-state index in [4.69, 9.17) is 0 Å². The first kappa shape index (κ1) is 21.3. The van der Waals surface area contributed by atoms with Crippen molar-refractivity contribution in [2.24, 2.45) is 0 Å². The second kappa shape index (κ2) is 8.81. The molecule has 2 aromatic rings. The van der Waals surface area contributed by atoms with Crippen LogP contribution in [0.25, 0.3) is 0 Å². The van der Waals surface area contributed by atoms with Crippen LogP contribution in [0.15, 0.2) is 56.8 Å². The number of nitrogens with one attached hydrogen (secondary N) is 1. The van der Waals surface area contributed by atoms with Crippen LogP contribution in [-0.2, 0) is 27.9 Å². The van der Waals surface area contributed by atoms with Crippen LogP contribution in [0, 0.1) is 0 Å². The van der Waals surface area contributed by atoms with Crippen LogP contribution >= 0.6 is 15.9 Å². The number of carbonyl (C=O) groups is 1. The van der Waals surface area contributed by atoms with Crippen LogP contribution in [0.5, 0.6) is 0 Å². The number of hydrogen-bond donors (Lipinski definition) is 1. The fraction of sp³-hybridized carbons (Fsp3) is 0.333. The molecular formula is C18H22BrN3O4S. The molecule has 1 aromatic heterocycles. The van der Waals surface area contributed by atoms with Crippen molar-refractivity contribution in [2.75, 3.05) is 7.05 Å². The van der Waals surface area contributed by atoms with Gasteiger partial charge in [0, 0.05) is 36.4 Å². The summed E-state index contributed by atoms with van der Waals surface area (Å²) in [6.45, 7) is 3.75. The predicted molar refractivity (Wildman–Crippen MR) is 107 cm³/mol. The zero-order chi connectivity index (χ0) is 20.2. The third kappa shape index (κ3) is 5.50. The van der Waals surface area contributed by atoms with Crippen LogP contribution in [0.1, 0.15) is 19.4 Å². The van der Waals surface area contributed by atoms with Crippen molar-refractivity contribution in [3.05, 3.63) is 63.0 Å². The highest BCUT2D eigenvalue weighted by molar-refractivity contribution is 9.10. The normalized spacial score (nSPS) is 11.8. The molecule has 0 aliphatic rings. The van der Waals surface area contributed by atoms with Gasteiger partial charge in [-0.2, -0.15) is 4.31 Å². The van der Waals surface area contributed by atoms with Gasteiger partial charge in [-0.05, 0) is 53.5 Å². The lowest BCUT2D eigenvalue weighted by atomic mass is 10.2. The standard InChI is InChI=1S/C18H22BrN3O4S/c1-13(2)21(3)27(25,26)16-7-4-14(5-8-16)10-20-17(23)12-22-11-15(19)6-9-18(22)24/h4-9,11,13H,10,12H2,1-3H3,(H,20,23). The minimum Gasteiger partial charge on any atom is -0.350 e. The van der Waals surface area contributed by atoms with Crippen molar-refractivity contribution in [1.82, 2.24) is 14.2 Å². The molecule has 0 aliphatic heterocycles. The number of benzene rings is 1. The van der Waals surface area contributed by atoms with Crippen LogP contribution in [0.4, 0.5) is 0 Å². The average Bonchev–Trinajstić information content (AvgIpc) is 2.62. The molecule has 2 rings (SSSR count). The van der Waals surface area contributed by atoms with Crippen molar-refractivity contribution in [3.8, 4) is 0 Å². The lowest BCUT2D eigenvalue weighted by Gasteiger charge is -2.21. The molecule has 1 amide bonds. The third-order valence-corrected chi connectivity index (χ3v) is 6.60. The van der Waals surface area contributed by atoms with E-state index in [1.54, 1.807) is 38.2 Å². The minimum absolute atomic E-state index is 0.0933. The number of hydrogen-bond acceptors (Lipinski definition) is 4. The molecule has 1 heterocycles. The molecule has 0 saturated heterocycles. The predicted octanol–water partition coefficient (Wildman–Crippen LogP) is 1.96. The van der Waals surface area contributed by atoms with Crippen molar-refractivity contribution < 1.29 is 13.2 Å². The summed E-state index contributed by atoms with van der Waals surface area (Å²) in [5, 5.41) is 2.72. The molecule has 1 N–H and O–H groups in total. The Morgan fingerprint density at radius 1 is 1.19 bits per heavy atom. The molecule has 0 atom stereocenters. The van der Waals surface area contributed by atoms with Crippen LogP contribution in [0.2, 0.25) is 0 Å². The second-order valence-electron chi connectivity index (χ2n) is 6.35. The Balaban J connectivity index is 2.00. The first-order valence-electron chi connectivity index (χ1n) is 8.31. The van der Waals surface area contributed by atoms with Gasteiger partial charge in [-0.15, -0.1) is 0 Å². The average molecular weight is 456 g/mol. The number of amides is 1. The van der Waals surface area contributed by atoms with E-state index in [-0.39, 0.29) is 35.5 Å². The number of halogens is 1. The maximum atomic E-state index is 12.4. The Kier molecular flexibility index (Phi) is 6.96. The maximum Gasteiger partial charge on any atom is 0.251 e. The van der Waals surface area contributed by atoms with Gasteiger partial charge in [0.05, 0.1) is 4.90 Å². The summed E-state index contributed by atoms with van der Waals surface area (Å²) in [7, 11) is -1.99. The van der Waals surface area contributed by atoms with Gasteiger partial charge in [0.1, 0.15) is 6.54 Å². The third-order valence-electron chi connectivity index (χ3n) is 4.08. The van der Waals surface area contributed by atoms with Gasteiger partial charge < -0.3 is 9.88 Å². The SMILES string of the molecule is CC(C)N(C)S(=O)(=O)c1ccc(CNC(=O)Cn2cc(Br)ccc2=O)cc1. The lowest BCUT2D eigenvalue weighted by Crippen LogP contribution is -2.33. The molecular weight excluding hydrogens is 434 g/mol. The lowest BCUT2D eigenvalue weighted by molar-refractivity contribution is -0.121. The van der Waals surface area contributed by atoms with E-state index in [0.717, 1.165) is 5.56 Å². The van der Waals surface area contributed by atoms with Gasteiger partial charge in [0.25, 0.3) is 5.56 Å². The van der Waals surface area contributed by atoms with Crippen LogP contribution < -0.4 is 10.9 Å². The Labute approximate surface area is 167 Å². The summed E-state index contributed by atoms with van der Waals surface area (Å²) in [4.78, 5) is 24.0. The molecule has 27 heavy (non-hydrogen) atoms. The number of pyridine rings is 1. The zero-order valence-corrected chi connectivity index (χ0v) is 17.7. The molecule has 0 bridgehead atoms. The van der Waals surface area contributed by atoms with Gasteiger partial charge in [-0.25, -0.2) is 8.42 Å². The Bertz CT molecular complexity index is 969. The number of sulfonamides is 1. The van der Waals surface area contributed by atoms with Gasteiger partial charge in [0.2, 0.25) is 15.9 Å². The van der Waals surface area contributed by atoms with Crippen molar-refractivity contribution in [3.63, 3.8) is 0 Å². The molecule has 9 heteroatoms. The topological polar surface area (TPSA) is 88.5 Å². The van der Waals surface area contributed by atoms with E-state index in [0.29, 0.717) is 4.47 Å². The Hall–Kier alpha value is -1.97. The monoisotopic (exact) mass is 455 g/mol. The highest BCUT2D eigenvalue weighted by Gasteiger charge is 2.22. The van der Waals surface area contributed by atoms with Crippen LogP contribution in [0.3, 0.4) is 0 Å². The summed E-state index contributed by atoms with van der Waals surface area (Å²) in [6, 6.07) is 9.21. The first-order valence-corrected chi connectivity index (χ1v) is 10.5. The van der Waals surface area contributed by atoms with Crippen molar-refractivity contribution in [2.45, 2.75) is 37.9 Å². The summed E-state index contributed by atoms with van der Waals surface area (Å²) in [5.74, 6) is -0.313. The highest BCUT2D eigenvalue weighted by atomic mass is 79.9. The molecule has 0 saturated carbocycles. The molecule has 7 nitrogen and oxygen atoms in total. The number of rotatable bonds is 7. The van der Waals surface area contributed by atoms with E-state index in [2.05, 4.69) is 21.2 Å². The number of carbonyl (C=O) groups excluding carboxylic acids is 1. The fourth-order valence-corrected chi connectivity index (χ4v) is 4.01. The molecule has 0 fully saturated rings. The first-order chi connectivity index (χ1) is 12.6. The molecule has 0 unspecified atom stereocenters. The zero-order valence-electron chi connectivity index (χ0n) is 15.3. The van der Waals surface area contributed by atoms with E-state index in [1.165, 1.54) is 34.1 Å². The van der Waals surface area contributed by atoms with Gasteiger partial charge in [-0.3, -0.25) is 9.59 Å². The van der Waals surface area contributed by atoms with Gasteiger partial charge >= 0.3 is 0 Å². The van der Waals surface area contributed by atoms with Crippen molar-refractivity contribution in [1.29, 1.82) is 0 Å². The fourth-order valence-electron chi connectivity index (χ4n) is 2.26. The van der Waals surface area contributed by atoms with E-state index in [9.17, 15) is 18.0 Å². The minimum atomic E-state index is -3.53. The molecule has 0 aliphatic carbocycles. The quantitative estimate of drug-likeness (QED) is 0.690. The molecule has 0 radical (unpaired) electrons. The number of nitrogens with zero attached hydrogens (tertiary/aromatic N) is 2. The summed E-state index contributed by atoms with van der Waals surface area (Å²) < 4.78 is 28.2. The highest BCUT2D eigenvalue weighted by Crippen LogP contribution is 2.17. The van der Waals surface area contributed by atoms with Crippen molar-refractivity contribution >= 4 is 31.9 Å². The summed E-state index contributed by atoms with van der Waals surface area (Å²) in [5.41, 5.74) is 0.494. The largest absolute Gasteiger partial charge is 0.350 e. The van der Waals surface area contributed by atoms with Crippen LogP contribution in [-0.4, -0.2) is 36.3 Å². The van der Waals surface area contributed by atoms with Gasteiger partial charge in [-0.1, -0.05) is 12.1 Å². The second-order valence-corrected chi connectivity index (χ2v) is 9.26. The number of aromatic nitrogens is 1. The Morgan fingerprint density at radius 2 is 1.81 bits per heavy atom. The van der Waals surface area contributed by atoms with E-state index in [1.807, 2.05) is 0 Å². The van der Waals surface area contributed by atoms with E-state index < -0.39 is 10.0 Å². The van der Waals surface area contributed by atoms with E-state index >= 15 is 0 Å². The smallest absolute Gasteiger partial charge is 0.251 e.